The van der Waals surface area contributed by atoms with E-state index >= 15 is 0 Å². The number of anilines is 1. The highest BCUT2D eigenvalue weighted by molar-refractivity contribution is 5.92. The van der Waals surface area contributed by atoms with Crippen molar-refractivity contribution >= 4 is 11.6 Å². The molecule has 2 rings (SSSR count). The zero-order valence-corrected chi connectivity index (χ0v) is 12.8. The van der Waals surface area contributed by atoms with Gasteiger partial charge in [0.1, 0.15) is 5.82 Å². The molecule has 1 aliphatic heterocycles. The lowest BCUT2D eigenvalue weighted by atomic mass is 9.80. The van der Waals surface area contributed by atoms with Crippen LogP contribution in [0.2, 0.25) is 0 Å². The Balaban J connectivity index is 1.70. The zero-order valence-electron chi connectivity index (χ0n) is 12.8. The van der Waals surface area contributed by atoms with Crippen molar-refractivity contribution in [3.63, 3.8) is 0 Å². The lowest BCUT2D eigenvalue weighted by Gasteiger charge is -2.38. The molecule has 116 valence electrons. The molecule has 0 bridgehead atoms. The number of halogens is 1. The third-order valence-corrected chi connectivity index (χ3v) is 4.16. The second-order valence-electron chi connectivity index (χ2n) is 6.27. The van der Waals surface area contributed by atoms with Crippen LogP contribution >= 0.6 is 0 Å². The predicted molar refractivity (Wildman–Crippen MR) is 82.7 cm³/mol. The van der Waals surface area contributed by atoms with E-state index in [1.54, 1.807) is 12.1 Å². The van der Waals surface area contributed by atoms with E-state index in [4.69, 9.17) is 0 Å². The van der Waals surface area contributed by atoms with Crippen LogP contribution in [0, 0.1) is 11.2 Å². The largest absolute Gasteiger partial charge is 0.325 e. The van der Waals surface area contributed by atoms with Gasteiger partial charge < -0.3 is 15.5 Å². The number of hydrogen-bond acceptors (Lipinski definition) is 3. The van der Waals surface area contributed by atoms with E-state index in [0.717, 1.165) is 32.5 Å². The normalized spacial score (nSPS) is 18.4. The molecular formula is C16H24FN3O. The Bertz CT molecular complexity index is 467. The van der Waals surface area contributed by atoms with Gasteiger partial charge in [0, 0.05) is 12.2 Å². The van der Waals surface area contributed by atoms with Crippen LogP contribution < -0.4 is 10.6 Å². The van der Waals surface area contributed by atoms with Crippen LogP contribution in [0.15, 0.2) is 24.3 Å². The number of carbonyl (C=O) groups is 1. The molecule has 1 fully saturated rings. The van der Waals surface area contributed by atoms with Gasteiger partial charge in [0.15, 0.2) is 0 Å². The Morgan fingerprint density at radius 3 is 2.52 bits per heavy atom. The fraction of sp³-hybridized carbons (Fsp3) is 0.562. The minimum atomic E-state index is -0.304. The van der Waals surface area contributed by atoms with E-state index < -0.39 is 0 Å². The van der Waals surface area contributed by atoms with Crippen LogP contribution in [0.4, 0.5) is 10.1 Å². The summed E-state index contributed by atoms with van der Waals surface area (Å²) in [5, 5.41) is 5.99. The van der Waals surface area contributed by atoms with Crippen LogP contribution in [-0.4, -0.2) is 44.0 Å². The van der Waals surface area contributed by atoms with Gasteiger partial charge in [-0.15, -0.1) is 0 Å². The Morgan fingerprint density at radius 1 is 1.29 bits per heavy atom. The van der Waals surface area contributed by atoms with Gasteiger partial charge in [-0.1, -0.05) is 6.92 Å². The second-order valence-corrected chi connectivity index (χ2v) is 6.27. The number of piperidine rings is 1. The van der Waals surface area contributed by atoms with Crippen LogP contribution in [0.1, 0.15) is 19.8 Å². The lowest BCUT2D eigenvalue weighted by molar-refractivity contribution is -0.115. The fourth-order valence-corrected chi connectivity index (χ4v) is 2.55. The van der Waals surface area contributed by atoms with Crippen LogP contribution in [-0.2, 0) is 4.79 Å². The summed E-state index contributed by atoms with van der Waals surface area (Å²) in [5.74, 6) is -0.403. The molecule has 1 aromatic rings. The molecule has 1 heterocycles. The van der Waals surface area contributed by atoms with E-state index in [0.29, 0.717) is 5.69 Å². The van der Waals surface area contributed by atoms with Gasteiger partial charge in [-0.25, -0.2) is 4.39 Å². The van der Waals surface area contributed by atoms with E-state index in [-0.39, 0.29) is 23.7 Å². The second kappa shape index (κ2) is 7.00. The summed E-state index contributed by atoms with van der Waals surface area (Å²) in [6.07, 6.45) is 2.30. The zero-order chi connectivity index (χ0) is 15.3. The van der Waals surface area contributed by atoms with Crippen molar-refractivity contribution in [2.45, 2.75) is 19.8 Å². The molecule has 1 amide bonds. The molecule has 21 heavy (non-hydrogen) atoms. The minimum Gasteiger partial charge on any atom is -0.325 e. The first-order chi connectivity index (χ1) is 9.97. The predicted octanol–water partition coefficient (Wildman–Crippen LogP) is 2.09. The molecular weight excluding hydrogens is 269 g/mol. The van der Waals surface area contributed by atoms with Crippen LogP contribution in [0.3, 0.4) is 0 Å². The molecule has 4 nitrogen and oxygen atoms in total. The number of nitrogens with zero attached hydrogens (tertiary/aromatic N) is 1. The fourth-order valence-electron chi connectivity index (χ4n) is 2.55. The third-order valence-electron chi connectivity index (χ3n) is 4.16. The molecule has 2 N–H and O–H groups in total. The van der Waals surface area contributed by atoms with Crippen molar-refractivity contribution in [1.29, 1.82) is 0 Å². The van der Waals surface area contributed by atoms with E-state index in [2.05, 4.69) is 29.5 Å². The SMILES string of the molecule is CN1CCC(C)(CNCC(=O)Nc2ccc(F)cc2)CC1. The number of benzene rings is 1. The summed E-state index contributed by atoms with van der Waals surface area (Å²) in [7, 11) is 2.14. The van der Waals surface area contributed by atoms with Gasteiger partial charge in [0.05, 0.1) is 6.54 Å². The standard InChI is InChI=1S/C16H24FN3O/c1-16(7-9-20(2)10-8-16)12-18-11-15(21)19-14-5-3-13(17)4-6-14/h3-6,18H,7-12H2,1-2H3,(H,19,21). The van der Waals surface area contributed by atoms with Crippen molar-refractivity contribution in [2.24, 2.45) is 5.41 Å². The monoisotopic (exact) mass is 293 g/mol. The lowest BCUT2D eigenvalue weighted by Crippen LogP contribution is -2.43. The Kier molecular flexibility index (Phi) is 5.31. The van der Waals surface area contributed by atoms with Gasteiger partial charge in [-0.2, -0.15) is 0 Å². The minimum absolute atomic E-state index is 0.0989. The first-order valence-corrected chi connectivity index (χ1v) is 7.42. The molecule has 1 saturated heterocycles. The summed E-state index contributed by atoms with van der Waals surface area (Å²) in [6, 6.07) is 5.79. The third kappa shape index (κ3) is 5.10. The highest BCUT2D eigenvalue weighted by Gasteiger charge is 2.28. The highest BCUT2D eigenvalue weighted by atomic mass is 19.1. The van der Waals surface area contributed by atoms with Gasteiger partial charge in [-0.05, 0) is 62.7 Å². The average molecular weight is 293 g/mol. The molecule has 0 saturated carbocycles. The van der Waals surface area contributed by atoms with E-state index in [1.807, 2.05) is 0 Å². The van der Waals surface area contributed by atoms with Crippen molar-refractivity contribution < 1.29 is 9.18 Å². The Hall–Kier alpha value is -1.46. The van der Waals surface area contributed by atoms with E-state index in [9.17, 15) is 9.18 Å². The summed E-state index contributed by atoms with van der Waals surface area (Å²) < 4.78 is 12.8. The summed E-state index contributed by atoms with van der Waals surface area (Å²) in [6.45, 7) is 5.62. The molecule has 0 aliphatic carbocycles. The summed E-state index contributed by atoms with van der Waals surface area (Å²) >= 11 is 0. The molecule has 0 atom stereocenters. The first-order valence-electron chi connectivity index (χ1n) is 7.42. The number of nitrogens with one attached hydrogen (secondary N) is 2. The van der Waals surface area contributed by atoms with Crippen LogP contribution in [0.25, 0.3) is 0 Å². The number of amides is 1. The van der Waals surface area contributed by atoms with Crippen molar-refractivity contribution in [3.8, 4) is 0 Å². The molecule has 1 aromatic carbocycles. The molecule has 0 aromatic heterocycles. The quantitative estimate of drug-likeness (QED) is 0.873. The van der Waals surface area contributed by atoms with Gasteiger partial charge in [0.25, 0.3) is 0 Å². The smallest absolute Gasteiger partial charge is 0.238 e. The van der Waals surface area contributed by atoms with E-state index in [1.165, 1.54) is 12.1 Å². The van der Waals surface area contributed by atoms with Crippen molar-refractivity contribution in [3.05, 3.63) is 30.1 Å². The molecule has 0 spiro atoms. The Labute approximate surface area is 125 Å². The Morgan fingerprint density at radius 2 is 1.90 bits per heavy atom. The highest BCUT2D eigenvalue weighted by Crippen LogP contribution is 2.29. The van der Waals surface area contributed by atoms with Crippen LogP contribution in [0.5, 0.6) is 0 Å². The van der Waals surface area contributed by atoms with Gasteiger partial charge in [-0.3, -0.25) is 4.79 Å². The molecule has 5 heteroatoms. The summed E-state index contributed by atoms with van der Waals surface area (Å²) in [5.41, 5.74) is 0.886. The average Bonchev–Trinajstić information content (AvgIpc) is 2.45. The molecule has 0 unspecified atom stereocenters. The topological polar surface area (TPSA) is 44.4 Å². The maximum atomic E-state index is 12.8. The maximum absolute atomic E-state index is 12.8. The number of hydrogen-bond donors (Lipinski definition) is 2. The van der Waals surface area contributed by atoms with Crippen molar-refractivity contribution in [1.82, 2.24) is 10.2 Å². The first kappa shape index (κ1) is 15.9. The molecule has 0 radical (unpaired) electrons. The van der Waals surface area contributed by atoms with Crippen molar-refractivity contribution in [2.75, 3.05) is 38.5 Å². The number of carbonyl (C=O) groups excluding carboxylic acids is 1. The van der Waals surface area contributed by atoms with Gasteiger partial charge >= 0.3 is 0 Å². The number of rotatable bonds is 5. The number of likely N-dealkylation sites (tertiary alicyclic amines) is 1. The molecule has 1 aliphatic rings. The van der Waals surface area contributed by atoms with Gasteiger partial charge in [0.2, 0.25) is 5.91 Å². The summed E-state index contributed by atoms with van der Waals surface area (Å²) in [4.78, 5) is 14.2. The maximum Gasteiger partial charge on any atom is 0.238 e.